The van der Waals surface area contributed by atoms with E-state index < -0.39 is 0 Å². The Morgan fingerprint density at radius 3 is 2.88 bits per heavy atom. The van der Waals surface area contributed by atoms with E-state index >= 15 is 0 Å². The molecule has 0 aromatic heterocycles. The summed E-state index contributed by atoms with van der Waals surface area (Å²) in [6.45, 7) is 2.03. The van der Waals surface area contributed by atoms with E-state index in [1.807, 2.05) is 0 Å². The highest BCUT2D eigenvalue weighted by Gasteiger charge is 2.30. The number of halogens is 1. The molecule has 0 saturated carbocycles. The fourth-order valence-corrected chi connectivity index (χ4v) is 1.79. The van der Waals surface area contributed by atoms with E-state index in [4.69, 9.17) is 5.26 Å². The lowest BCUT2D eigenvalue weighted by Crippen LogP contribution is -2.24. The SMILES string of the molecule is Cc1ccc(N2CC(C#N)CC2=O)cc1F. The first kappa shape index (κ1) is 10.6. The quantitative estimate of drug-likeness (QED) is 0.723. The highest BCUT2D eigenvalue weighted by molar-refractivity contribution is 5.96. The third-order valence-electron chi connectivity index (χ3n) is 2.77. The van der Waals surface area contributed by atoms with E-state index in [0.717, 1.165) is 0 Å². The van der Waals surface area contributed by atoms with Gasteiger partial charge in [-0.3, -0.25) is 4.79 Å². The molecule has 1 amide bonds. The van der Waals surface area contributed by atoms with Gasteiger partial charge in [-0.1, -0.05) is 6.07 Å². The lowest BCUT2D eigenvalue weighted by atomic mass is 10.1. The fourth-order valence-electron chi connectivity index (χ4n) is 1.79. The predicted molar refractivity (Wildman–Crippen MR) is 57.2 cm³/mol. The molecule has 1 fully saturated rings. The van der Waals surface area contributed by atoms with Crippen LogP contribution in [0, 0.1) is 30.0 Å². The van der Waals surface area contributed by atoms with Gasteiger partial charge in [-0.25, -0.2) is 4.39 Å². The van der Waals surface area contributed by atoms with Crippen molar-refractivity contribution in [3.63, 3.8) is 0 Å². The predicted octanol–water partition coefficient (Wildman–Crippen LogP) is 2.01. The van der Waals surface area contributed by atoms with Crippen LogP contribution < -0.4 is 4.90 Å². The lowest BCUT2D eigenvalue weighted by molar-refractivity contribution is -0.117. The molecule has 1 saturated heterocycles. The van der Waals surface area contributed by atoms with Crippen LogP contribution in [0.3, 0.4) is 0 Å². The molecular weight excluding hydrogens is 207 g/mol. The monoisotopic (exact) mass is 218 g/mol. The Morgan fingerprint density at radius 2 is 2.31 bits per heavy atom. The van der Waals surface area contributed by atoms with Gasteiger partial charge < -0.3 is 4.90 Å². The first-order chi connectivity index (χ1) is 7.61. The number of carbonyl (C=O) groups is 1. The molecule has 82 valence electrons. The summed E-state index contributed by atoms with van der Waals surface area (Å²) in [5.74, 6) is -0.725. The Morgan fingerprint density at radius 1 is 1.56 bits per heavy atom. The Hall–Kier alpha value is -1.89. The second-order valence-electron chi connectivity index (χ2n) is 3.97. The second-order valence-corrected chi connectivity index (χ2v) is 3.97. The van der Waals surface area contributed by atoms with Crippen molar-refractivity contribution >= 4 is 11.6 Å². The number of carbonyl (C=O) groups excluding carboxylic acids is 1. The fraction of sp³-hybridized carbons (Fsp3) is 0.333. The van der Waals surface area contributed by atoms with E-state index in [-0.39, 0.29) is 24.1 Å². The molecule has 4 heteroatoms. The van der Waals surface area contributed by atoms with Crippen LogP contribution in [0.5, 0.6) is 0 Å². The van der Waals surface area contributed by atoms with Crippen LogP contribution in [0.25, 0.3) is 0 Å². The lowest BCUT2D eigenvalue weighted by Gasteiger charge is -2.16. The second kappa shape index (κ2) is 3.93. The molecule has 1 unspecified atom stereocenters. The Balaban J connectivity index is 2.29. The van der Waals surface area contributed by atoms with Gasteiger partial charge in [-0.2, -0.15) is 5.26 Å². The molecule has 2 rings (SSSR count). The molecule has 0 N–H and O–H groups in total. The highest BCUT2D eigenvalue weighted by Crippen LogP contribution is 2.25. The molecule has 1 atom stereocenters. The van der Waals surface area contributed by atoms with E-state index in [2.05, 4.69) is 6.07 Å². The van der Waals surface area contributed by atoms with Crippen LogP contribution in [-0.2, 0) is 4.79 Å². The molecule has 1 aromatic carbocycles. The minimum Gasteiger partial charge on any atom is -0.311 e. The summed E-state index contributed by atoms with van der Waals surface area (Å²) in [4.78, 5) is 13.1. The first-order valence-electron chi connectivity index (χ1n) is 5.08. The number of anilines is 1. The highest BCUT2D eigenvalue weighted by atomic mass is 19.1. The molecule has 1 aromatic rings. The van der Waals surface area contributed by atoms with Gasteiger partial charge in [0, 0.05) is 18.7 Å². The largest absolute Gasteiger partial charge is 0.311 e. The summed E-state index contributed by atoms with van der Waals surface area (Å²) in [6.07, 6.45) is 0.228. The van der Waals surface area contributed by atoms with Gasteiger partial charge in [0.25, 0.3) is 0 Å². The summed E-state index contributed by atoms with van der Waals surface area (Å²) >= 11 is 0. The molecule has 16 heavy (non-hydrogen) atoms. The smallest absolute Gasteiger partial charge is 0.228 e. The van der Waals surface area contributed by atoms with Crippen LogP contribution in [0.1, 0.15) is 12.0 Å². The minimum absolute atomic E-state index is 0.116. The zero-order valence-electron chi connectivity index (χ0n) is 8.90. The molecule has 0 spiro atoms. The number of amides is 1. The maximum absolute atomic E-state index is 13.3. The zero-order valence-corrected chi connectivity index (χ0v) is 8.90. The van der Waals surface area contributed by atoms with Gasteiger partial charge in [-0.15, -0.1) is 0 Å². The van der Waals surface area contributed by atoms with E-state index in [9.17, 15) is 9.18 Å². The van der Waals surface area contributed by atoms with Crippen LogP contribution >= 0.6 is 0 Å². The number of nitrogens with zero attached hydrogens (tertiary/aromatic N) is 2. The van der Waals surface area contributed by atoms with Crippen molar-refractivity contribution in [1.82, 2.24) is 0 Å². The van der Waals surface area contributed by atoms with Gasteiger partial charge in [0.2, 0.25) is 5.91 Å². The van der Waals surface area contributed by atoms with Crippen LogP contribution in [-0.4, -0.2) is 12.5 Å². The topological polar surface area (TPSA) is 44.1 Å². The number of aryl methyl sites for hydroxylation is 1. The number of benzene rings is 1. The molecule has 0 bridgehead atoms. The van der Waals surface area contributed by atoms with Crippen LogP contribution in [0.15, 0.2) is 18.2 Å². The molecular formula is C12H11FN2O. The zero-order chi connectivity index (χ0) is 11.7. The van der Waals surface area contributed by atoms with Gasteiger partial charge in [-0.05, 0) is 24.6 Å². The standard InChI is InChI=1S/C12H11FN2O/c1-8-2-3-10(5-11(8)13)15-7-9(6-14)4-12(15)16/h2-3,5,9H,4,7H2,1H3. The molecule has 1 aliphatic heterocycles. The summed E-state index contributed by atoms with van der Waals surface area (Å²) in [6, 6.07) is 6.75. The Kier molecular flexibility index (Phi) is 2.61. The molecule has 3 nitrogen and oxygen atoms in total. The summed E-state index contributed by atoms with van der Waals surface area (Å²) < 4.78 is 13.3. The van der Waals surface area contributed by atoms with Crippen molar-refractivity contribution < 1.29 is 9.18 Å². The van der Waals surface area contributed by atoms with E-state index in [0.29, 0.717) is 17.8 Å². The summed E-state index contributed by atoms with van der Waals surface area (Å²) in [5.41, 5.74) is 1.08. The molecule has 0 radical (unpaired) electrons. The molecule has 0 aliphatic carbocycles. The molecule has 1 aliphatic rings. The summed E-state index contributed by atoms with van der Waals surface area (Å²) in [7, 11) is 0. The minimum atomic E-state index is -0.328. The maximum atomic E-state index is 13.3. The molecule has 1 heterocycles. The van der Waals surface area contributed by atoms with E-state index in [1.54, 1.807) is 19.1 Å². The van der Waals surface area contributed by atoms with Crippen molar-refractivity contribution in [2.75, 3.05) is 11.4 Å². The van der Waals surface area contributed by atoms with Gasteiger partial charge >= 0.3 is 0 Å². The van der Waals surface area contributed by atoms with Crippen molar-refractivity contribution in [3.05, 3.63) is 29.6 Å². The van der Waals surface area contributed by atoms with Gasteiger partial charge in [0.1, 0.15) is 5.82 Å². The Labute approximate surface area is 93.1 Å². The van der Waals surface area contributed by atoms with Crippen molar-refractivity contribution in [3.8, 4) is 6.07 Å². The van der Waals surface area contributed by atoms with Crippen molar-refractivity contribution in [1.29, 1.82) is 5.26 Å². The maximum Gasteiger partial charge on any atom is 0.228 e. The normalized spacial score (nSPS) is 19.9. The number of nitriles is 1. The number of hydrogen-bond donors (Lipinski definition) is 0. The van der Waals surface area contributed by atoms with Crippen molar-refractivity contribution in [2.24, 2.45) is 5.92 Å². The third-order valence-corrected chi connectivity index (χ3v) is 2.77. The van der Waals surface area contributed by atoms with Gasteiger partial charge in [0.15, 0.2) is 0 Å². The summed E-state index contributed by atoms with van der Waals surface area (Å²) in [5, 5.41) is 8.74. The number of hydrogen-bond acceptors (Lipinski definition) is 2. The van der Waals surface area contributed by atoms with Crippen LogP contribution in [0.4, 0.5) is 10.1 Å². The van der Waals surface area contributed by atoms with Crippen molar-refractivity contribution in [2.45, 2.75) is 13.3 Å². The van der Waals surface area contributed by atoms with E-state index in [1.165, 1.54) is 11.0 Å². The first-order valence-corrected chi connectivity index (χ1v) is 5.08. The third kappa shape index (κ3) is 1.76. The van der Waals surface area contributed by atoms with Crippen LogP contribution in [0.2, 0.25) is 0 Å². The number of rotatable bonds is 1. The van der Waals surface area contributed by atoms with Gasteiger partial charge in [0.05, 0.1) is 12.0 Å². The Bertz CT molecular complexity index is 478. The average molecular weight is 218 g/mol. The average Bonchev–Trinajstić information content (AvgIpc) is 2.64.